The maximum absolute atomic E-state index is 10.9. The Labute approximate surface area is 87.0 Å². The molecule has 1 unspecified atom stereocenters. The van der Waals surface area contributed by atoms with Gasteiger partial charge in [0, 0.05) is 17.7 Å². The Hall–Kier alpha value is -0.830. The van der Waals surface area contributed by atoms with Crippen molar-refractivity contribution in [2.45, 2.75) is 46.2 Å². The number of hydrogen-bond donors (Lipinski definition) is 1. The second-order valence-corrected chi connectivity index (χ2v) is 3.95. The van der Waals surface area contributed by atoms with E-state index < -0.39 is 0 Å². The van der Waals surface area contributed by atoms with E-state index in [-0.39, 0.29) is 5.91 Å². The van der Waals surface area contributed by atoms with E-state index in [4.69, 9.17) is 5.73 Å². The van der Waals surface area contributed by atoms with E-state index in [0.717, 1.165) is 6.42 Å². The number of hydrogen-bond acceptors (Lipinski definition) is 2. The minimum atomic E-state index is -0.333. The van der Waals surface area contributed by atoms with Gasteiger partial charge in [-0.15, -0.1) is 0 Å². The third-order valence-electron chi connectivity index (χ3n) is 2.59. The molecule has 0 saturated heterocycles. The molecule has 1 atom stereocenters. The van der Waals surface area contributed by atoms with Crippen molar-refractivity contribution in [3.63, 3.8) is 0 Å². The Balaban J connectivity index is 4.58. The molecule has 0 saturated carbocycles. The smallest absolute Gasteiger partial charge is 0.244 e. The number of nitrogens with two attached hydrogens (primary N) is 1. The molecule has 0 aliphatic heterocycles. The van der Waals surface area contributed by atoms with Crippen LogP contribution in [0.15, 0.2) is 11.6 Å². The first-order valence-corrected chi connectivity index (χ1v) is 5.10. The molecule has 14 heavy (non-hydrogen) atoms. The van der Waals surface area contributed by atoms with Crippen molar-refractivity contribution in [1.29, 1.82) is 0 Å². The van der Waals surface area contributed by atoms with E-state index in [0.29, 0.717) is 17.7 Å². The third-order valence-corrected chi connectivity index (χ3v) is 2.59. The zero-order valence-electron chi connectivity index (χ0n) is 9.87. The normalized spacial score (nSPS) is 14.9. The molecule has 0 heterocycles. The van der Waals surface area contributed by atoms with Gasteiger partial charge in [-0.1, -0.05) is 13.0 Å². The first kappa shape index (κ1) is 13.2. The summed E-state index contributed by atoms with van der Waals surface area (Å²) in [6.45, 7) is 8.14. The van der Waals surface area contributed by atoms with Gasteiger partial charge in [-0.2, -0.15) is 0 Å². The Morgan fingerprint density at radius 3 is 2.29 bits per heavy atom. The number of carbonyl (C=O) groups is 1. The molecule has 82 valence electrons. The van der Waals surface area contributed by atoms with Gasteiger partial charge in [0.15, 0.2) is 0 Å². The topological polar surface area (TPSA) is 46.3 Å². The van der Waals surface area contributed by atoms with Gasteiger partial charge in [0.2, 0.25) is 5.91 Å². The highest BCUT2D eigenvalue weighted by molar-refractivity contribution is 5.91. The molecule has 3 heteroatoms. The summed E-state index contributed by atoms with van der Waals surface area (Å²) in [6, 6.07) is 0.763. The minimum Gasteiger partial charge on any atom is -0.366 e. The van der Waals surface area contributed by atoms with Crippen LogP contribution in [0.2, 0.25) is 0 Å². The number of carbonyl (C=O) groups excluding carboxylic acids is 1. The molecule has 0 aliphatic carbocycles. The lowest BCUT2D eigenvalue weighted by Crippen LogP contribution is -2.36. The van der Waals surface area contributed by atoms with Crippen molar-refractivity contribution < 1.29 is 4.79 Å². The molecule has 0 rings (SSSR count). The fourth-order valence-corrected chi connectivity index (χ4v) is 1.28. The first-order valence-electron chi connectivity index (χ1n) is 5.10. The molecule has 0 aromatic rings. The van der Waals surface area contributed by atoms with Crippen molar-refractivity contribution in [1.82, 2.24) is 4.90 Å². The highest BCUT2D eigenvalue weighted by Crippen LogP contribution is 2.09. The van der Waals surface area contributed by atoms with Crippen LogP contribution >= 0.6 is 0 Å². The average Bonchev–Trinajstić information content (AvgIpc) is 2.12. The summed E-state index contributed by atoms with van der Waals surface area (Å²) in [5, 5.41) is 0. The lowest BCUT2D eigenvalue weighted by Gasteiger charge is -2.28. The van der Waals surface area contributed by atoms with Crippen molar-refractivity contribution in [2.75, 3.05) is 7.05 Å². The number of amides is 1. The molecule has 0 spiro atoms. The lowest BCUT2D eigenvalue weighted by molar-refractivity contribution is -0.114. The van der Waals surface area contributed by atoms with Gasteiger partial charge < -0.3 is 5.73 Å². The van der Waals surface area contributed by atoms with Crippen LogP contribution < -0.4 is 5.73 Å². The largest absolute Gasteiger partial charge is 0.366 e. The van der Waals surface area contributed by atoms with E-state index >= 15 is 0 Å². The second kappa shape index (κ2) is 5.81. The third kappa shape index (κ3) is 3.92. The zero-order chi connectivity index (χ0) is 11.3. The molecular formula is C11H22N2O. The fraction of sp³-hybridized carbons (Fsp3) is 0.727. The number of nitrogens with zero attached hydrogens (tertiary/aromatic N) is 1. The van der Waals surface area contributed by atoms with Crippen LogP contribution in [0, 0.1) is 0 Å². The maximum Gasteiger partial charge on any atom is 0.244 e. The zero-order valence-corrected chi connectivity index (χ0v) is 9.87. The van der Waals surface area contributed by atoms with Crippen molar-refractivity contribution >= 4 is 5.91 Å². The summed E-state index contributed by atoms with van der Waals surface area (Å²) in [5.41, 5.74) is 5.83. The van der Waals surface area contributed by atoms with Crippen LogP contribution in [-0.4, -0.2) is 29.9 Å². The molecule has 1 amide bonds. The van der Waals surface area contributed by atoms with Crippen LogP contribution in [0.5, 0.6) is 0 Å². The van der Waals surface area contributed by atoms with Crippen LogP contribution in [0.1, 0.15) is 34.1 Å². The van der Waals surface area contributed by atoms with Crippen LogP contribution in [-0.2, 0) is 4.79 Å². The number of likely N-dealkylation sites (N-methyl/N-ethyl adjacent to an activating group) is 1. The summed E-state index contributed by atoms with van der Waals surface area (Å²) in [6.07, 6.45) is 2.93. The average molecular weight is 198 g/mol. The quantitative estimate of drug-likeness (QED) is 0.681. The molecule has 0 aromatic carbocycles. The van der Waals surface area contributed by atoms with Crippen molar-refractivity contribution in [3.05, 3.63) is 11.6 Å². The number of rotatable bonds is 5. The van der Waals surface area contributed by atoms with E-state index in [1.54, 1.807) is 6.92 Å². The molecule has 3 nitrogen and oxygen atoms in total. The number of primary amides is 1. The highest BCUT2D eigenvalue weighted by atomic mass is 16.1. The van der Waals surface area contributed by atoms with Crippen molar-refractivity contribution in [2.24, 2.45) is 5.73 Å². The molecule has 0 aromatic heterocycles. The summed E-state index contributed by atoms with van der Waals surface area (Å²) in [7, 11) is 2.06. The molecule has 0 bridgehead atoms. The summed E-state index contributed by atoms with van der Waals surface area (Å²) >= 11 is 0. The summed E-state index contributed by atoms with van der Waals surface area (Å²) in [5.74, 6) is -0.333. The van der Waals surface area contributed by atoms with Gasteiger partial charge in [-0.3, -0.25) is 9.69 Å². The van der Waals surface area contributed by atoms with Gasteiger partial charge >= 0.3 is 0 Å². The van der Waals surface area contributed by atoms with Crippen LogP contribution in [0.3, 0.4) is 0 Å². The van der Waals surface area contributed by atoms with E-state index in [9.17, 15) is 4.79 Å². The molecular weight excluding hydrogens is 176 g/mol. The van der Waals surface area contributed by atoms with Gasteiger partial charge in [-0.25, -0.2) is 0 Å². The van der Waals surface area contributed by atoms with Crippen LogP contribution in [0.25, 0.3) is 0 Å². The van der Waals surface area contributed by atoms with E-state index in [2.05, 4.69) is 32.7 Å². The van der Waals surface area contributed by atoms with Gasteiger partial charge in [0.05, 0.1) is 0 Å². The Bertz CT molecular complexity index is 221. The minimum absolute atomic E-state index is 0.294. The lowest BCUT2D eigenvalue weighted by atomic mass is 10.1. The fourth-order valence-electron chi connectivity index (χ4n) is 1.28. The second-order valence-electron chi connectivity index (χ2n) is 3.95. The van der Waals surface area contributed by atoms with E-state index in [1.165, 1.54) is 0 Å². The standard InChI is InChI=1S/C11H22N2O/c1-6-10(13(5)8(2)3)7-9(4)11(12)14/h7-8,10H,6H2,1-5H3,(H2,12,14)/b9-7+. The molecule has 0 aliphatic rings. The maximum atomic E-state index is 10.9. The summed E-state index contributed by atoms with van der Waals surface area (Å²) in [4.78, 5) is 13.1. The molecule has 2 N–H and O–H groups in total. The van der Waals surface area contributed by atoms with Gasteiger partial charge in [0.25, 0.3) is 0 Å². The van der Waals surface area contributed by atoms with Gasteiger partial charge in [-0.05, 0) is 34.2 Å². The SMILES string of the molecule is CCC(/C=C(\C)C(N)=O)N(C)C(C)C. The molecule has 0 radical (unpaired) electrons. The van der Waals surface area contributed by atoms with Crippen molar-refractivity contribution in [3.8, 4) is 0 Å². The monoisotopic (exact) mass is 198 g/mol. The van der Waals surface area contributed by atoms with E-state index in [1.807, 2.05) is 6.08 Å². The Kier molecular flexibility index (Phi) is 5.46. The highest BCUT2D eigenvalue weighted by Gasteiger charge is 2.13. The first-order chi connectivity index (χ1) is 6.40. The predicted octanol–water partition coefficient (Wildman–Crippen LogP) is 1.54. The summed E-state index contributed by atoms with van der Waals surface area (Å²) < 4.78 is 0. The Morgan fingerprint density at radius 1 is 1.50 bits per heavy atom. The van der Waals surface area contributed by atoms with Gasteiger partial charge in [0.1, 0.15) is 0 Å². The van der Waals surface area contributed by atoms with Crippen LogP contribution in [0.4, 0.5) is 0 Å². The predicted molar refractivity (Wildman–Crippen MR) is 59.9 cm³/mol. The Morgan fingerprint density at radius 2 is 2.00 bits per heavy atom. The molecule has 0 fully saturated rings.